The minimum absolute atomic E-state index is 0.681. The average Bonchev–Trinajstić information content (AvgIpc) is 2.04. The molecule has 0 saturated heterocycles. The van der Waals surface area contributed by atoms with Crippen LogP contribution >= 0.6 is 0 Å². The molecule has 1 rings (SSSR count). The molecule has 0 unspecified atom stereocenters. The number of rotatable bonds is 2. The second-order valence-corrected chi connectivity index (χ2v) is 2.30. The van der Waals surface area contributed by atoms with Crippen LogP contribution in [0.1, 0.15) is 6.92 Å². The molecule has 11 heavy (non-hydrogen) atoms. The Bertz CT molecular complexity index is 238. The van der Waals surface area contributed by atoms with Crippen LogP contribution in [0, 0.1) is 0 Å². The summed E-state index contributed by atoms with van der Waals surface area (Å²) < 4.78 is 0. The van der Waals surface area contributed by atoms with E-state index in [0.717, 1.165) is 18.5 Å². The SMILES string of the molecule is C=C1C=CC=C(C=O)N1CC. The zero-order valence-corrected chi connectivity index (χ0v) is 6.58. The van der Waals surface area contributed by atoms with Gasteiger partial charge in [-0.2, -0.15) is 0 Å². The van der Waals surface area contributed by atoms with Gasteiger partial charge in [0.05, 0.1) is 5.70 Å². The van der Waals surface area contributed by atoms with Gasteiger partial charge in [-0.3, -0.25) is 4.79 Å². The predicted molar refractivity (Wildman–Crippen MR) is 44.8 cm³/mol. The number of aldehydes is 1. The zero-order valence-electron chi connectivity index (χ0n) is 6.58. The number of hydrogen-bond acceptors (Lipinski definition) is 2. The van der Waals surface area contributed by atoms with Gasteiger partial charge in [-0.1, -0.05) is 12.7 Å². The van der Waals surface area contributed by atoms with E-state index in [-0.39, 0.29) is 0 Å². The lowest BCUT2D eigenvalue weighted by molar-refractivity contribution is -0.106. The van der Waals surface area contributed by atoms with E-state index in [9.17, 15) is 4.79 Å². The van der Waals surface area contributed by atoms with Gasteiger partial charge in [-0.15, -0.1) is 0 Å². The highest BCUT2D eigenvalue weighted by Crippen LogP contribution is 2.14. The van der Waals surface area contributed by atoms with Crippen molar-refractivity contribution in [2.45, 2.75) is 6.92 Å². The number of carbonyl (C=O) groups excluding carboxylic acids is 1. The summed E-state index contributed by atoms with van der Waals surface area (Å²) in [6.45, 7) is 6.58. The minimum atomic E-state index is 0.681. The maximum atomic E-state index is 10.5. The highest BCUT2D eigenvalue weighted by Gasteiger charge is 2.09. The third-order valence-electron chi connectivity index (χ3n) is 1.65. The first-order valence-electron chi connectivity index (χ1n) is 3.59. The number of hydrogen-bond donors (Lipinski definition) is 0. The Kier molecular flexibility index (Phi) is 2.26. The third kappa shape index (κ3) is 1.40. The van der Waals surface area contributed by atoms with Crippen LogP contribution < -0.4 is 0 Å². The summed E-state index contributed by atoms with van der Waals surface area (Å²) in [6.07, 6.45) is 6.35. The summed E-state index contributed by atoms with van der Waals surface area (Å²) in [6, 6.07) is 0. The predicted octanol–water partition coefficient (Wildman–Crippen LogP) is 1.47. The summed E-state index contributed by atoms with van der Waals surface area (Å²) in [5.41, 5.74) is 1.55. The van der Waals surface area contributed by atoms with Crippen molar-refractivity contribution in [3.8, 4) is 0 Å². The van der Waals surface area contributed by atoms with Crippen LogP contribution in [0.2, 0.25) is 0 Å². The van der Waals surface area contributed by atoms with Crippen molar-refractivity contribution in [3.63, 3.8) is 0 Å². The van der Waals surface area contributed by atoms with Gasteiger partial charge >= 0.3 is 0 Å². The van der Waals surface area contributed by atoms with E-state index >= 15 is 0 Å². The molecule has 2 heteroatoms. The van der Waals surface area contributed by atoms with Crippen molar-refractivity contribution in [2.75, 3.05) is 6.54 Å². The summed E-state index contributed by atoms with van der Waals surface area (Å²) in [4.78, 5) is 12.4. The zero-order chi connectivity index (χ0) is 8.27. The molecular formula is C9H11NO. The van der Waals surface area contributed by atoms with E-state index in [1.165, 1.54) is 0 Å². The Morgan fingerprint density at radius 1 is 1.73 bits per heavy atom. The molecule has 0 spiro atoms. The lowest BCUT2D eigenvalue weighted by Crippen LogP contribution is -2.22. The van der Waals surface area contributed by atoms with Gasteiger partial charge in [0.2, 0.25) is 0 Å². The van der Waals surface area contributed by atoms with Crippen molar-refractivity contribution in [2.24, 2.45) is 0 Å². The number of nitrogens with zero attached hydrogens (tertiary/aromatic N) is 1. The molecule has 1 aliphatic rings. The second-order valence-electron chi connectivity index (χ2n) is 2.30. The second kappa shape index (κ2) is 3.19. The molecule has 0 saturated carbocycles. The molecule has 0 radical (unpaired) electrons. The molecule has 0 aromatic rings. The molecule has 2 nitrogen and oxygen atoms in total. The van der Waals surface area contributed by atoms with E-state index in [1.54, 1.807) is 6.08 Å². The van der Waals surface area contributed by atoms with Crippen molar-refractivity contribution < 1.29 is 4.79 Å². The largest absolute Gasteiger partial charge is 0.340 e. The number of allylic oxidation sites excluding steroid dienone is 4. The number of likely N-dealkylation sites (N-methyl/N-ethyl adjacent to an activating group) is 1. The van der Waals surface area contributed by atoms with Crippen molar-refractivity contribution in [3.05, 3.63) is 36.2 Å². The van der Waals surface area contributed by atoms with Gasteiger partial charge in [-0.05, 0) is 19.1 Å². The Hall–Kier alpha value is -1.31. The third-order valence-corrected chi connectivity index (χ3v) is 1.65. The molecule has 1 heterocycles. The van der Waals surface area contributed by atoms with Gasteiger partial charge in [0.15, 0.2) is 6.29 Å². The van der Waals surface area contributed by atoms with E-state index in [2.05, 4.69) is 6.58 Å². The van der Waals surface area contributed by atoms with Gasteiger partial charge in [0.1, 0.15) is 0 Å². The molecule has 0 aromatic carbocycles. The topological polar surface area (TPSA) is 20.3 Å². The van der Waals surface area contributed by atoms with E-state index in [1.807, 2.05) is 24.0 Å². The van der Waals surface area contributed by atoms with Crippen LogP contribution in [0.3, 0.4) is 0 Å². The van der Waals surface area contributed by atoms with Crippen LogP contribution in [0.25, 0.3) is 0 Å². The standard InChI is InChI=1S/C9H11NO/c1-3-10-8(2)5-4-6-9(10)7-11/h4-7H,2-3H2,1H3. The lowest BCUT2D eigenvalue weighted by Gasteiger charge is -2.24. The molecule has 0 atom stereocenters. The minimum Gasteiger partial charge on any atom is -0.340 e. The van der Waals surface area contributed by atoms with Gasteiger partial charge in [0, 0.05) is 12.2 Å². The smallest absolute Gasteiger partial charge is 0.166 e. The summed E-state index contributed by atoms with van der Waals surface area (Å²) in [7, 11) is 0. The van der Waals surface area contributed by atoms with E-state index in [0.29, 0.717) is 5.70 Å². The first kappa shape index (κ1) is 7.79. The molecule has 1 aliphatic heterocycles. The lowest BCUT2D eigenvalue weighted by atomic mass is 10.2. The van der Waals surface area contributed by atoms with Crippen LogP contribution in [-0.4, -0.2) is 17.7 Å². The van der Waals surface area contributed by atoms with Crippen LogP contribution in [-0.2, 0) is 4.79 Å². The van der Waals surface area contributed by atoms with Crippen LogP contribution in [0.15, 0.2) is 36.2 Å². The van der Waals surface area contributed by atoms with Gasteiger partial charge in [-0.25, -0.2) is 0 Å². The molecule has 0 N–H and O–H groups in total. The summed E-state index contributed by atoms with van der Waals surface area (Å²) in [5, 5.41) is 0. The Balaban J connectivity index is 2.89. The quantitative estimate of drug-likeness (QED) is 0.554. The van der Waals surface area contributed by atoms with Crippen LogP contribution in [0.5, 0.6) is 0 Å². The molecule has 0 aliphatic carbocycles. The first-order chi connectivity index (χ1) is 5.29. The molecule has 0 amide bonds. The Labute approximate surface area is 66.5 Å². The van der Waals surface area contributed by atoms with Crippen molar-refractivity contribution in [1.82, 2.24) is 4.90 Å². The molecule has 0 fully saturated rings. The Morgan fingerprint density at radius 3 is 2.91 bits per heavy atom. The van der Waals surface area contributed by atoms with Crippen LogP contribution in [0.4, 0.5) is 0 Å². The maximum absolute atomic E-state index is 10.5. The Morgan fingerprint density at radius 2 is 2.45 bits per heavy atom. The number of carbonyl (C=O) groups is 1. The van der Waals surface area contributed by atoms with Gasteiger partial charge < -0.3 is 4.90 Å². The molecule has 0 aromatic heterocycles. The molecule has 0 bridgehead atoms. The highest BCUT2D eigenvalue weighted by molar-refractivity contribution is 5.74. The fourth-order valence-electron chi connectivity index (χ4n) is 1.09. The highest BCUT2D eigenvalue weighted by atomic mass is 16.1. The maximum Gasteiger partial charge on any atom is 0.166 e. The monoisotopic (exact) mass is 149 g/mol. The molecule has 58 valence electrons. The average molecular weight is 149 g/mol. The fraction of sp³-hybridized carbons (Fsp3) is 0.222. The van der Waals surface area contributed by atoms with E-state index < -0.39 is 0 Å². The van der Waals surface area contributed by atoms with E-state index in [4.69, 9.17) is 0 Å². The summed E-state index contributed by atoms with van der Waals surface area (Å²) >= 11 is 0. The summed E-state index contributed by atoms with van der Waals surface area (Å²) in [5.74, 6) is 0. The van der Waals surface area contributed by atoms with Gasteiger partial charge in [0.25, 0.3) is 0 Å². The normalized spacial score (nSPS) is 16.6. The van der Waals surface area contributed by atoms with Crippen molar-refractivity contribution in [1.29, 1.82) is 0 Å². The van der Waals surface area contributed by atoms with Crippen molar-refractivity contribution >= 4 is 6.29 Å². The first-order valence-corrected chi connectivity index (χ1v) is 3.59. The fourth-order valence-corrected chi connectivity index (χ4v) is 1.09. The molecular weight excluding hydrogens is 138 g/mol.